The van der Waals surface area contributed by atoms with E-state index in [1.54, 1.807) is 24.5 Å². The highest BCUT2D eigenvalue weighted by Crippen LogP contribution is 2.30. The smallest absolute Gasteiger partial charge is 0.283 e. The molecule has 3 aromatic heterocycles. The molecule has 5 rings (SSSR count). The molecule has 9 nitrogen and oxygen atoms in total. The van der Waals surface area contributed by atoms with E-state index in [1.165, 1.54) is 18.9 Å². The van der Waals surface area contributed by atoms with E-state index in [-0.39, 0.29) is 5.69 Å². The van der Waals surface area contributed by atoms with Crippen molar-refractivity contribution >= 4 is 32.7 Å². The van der Waals surface area contributed by atoms with Crippen molar-refractivity contribution in [3.63, 3.8) is 0 Å². The lowest BCUT2D eigenvalue weighted by atomic mass is 10.1. The Morgan fingerprint density at radius 1 is 1.00 bits per heavy atom. The fraction of sp³-hybridized carbons (Fsp3) is 0.208. The number of benzene rings is 2. The first-order chi connectivity index (χ1) is 16.4. The molecule has 0 saturated heterocycles. The topological polar surface area (TPSA) is 121 Å². The van der Waals surface area contributed by atoms with Gasteiger partial charge in [0, 0.05) is 23.6 Å². The molecular formula is C24H21BrN4O5. The molecule has 0 atom stereocenters. The van der Waals surface area contributed by atoms with E-state index in [2.05, 4.69) is 44.7 Å². The van der Waals surface area contributed by atoms with Crippen LogP contribution in [0.4, 0.5) is 5.69 Å². The van der Waals surface area contributed by atoms with Crippen molar-refractivity contribution in [2.24, 2.45) is 5.92 Å². The van der Waals surface area contributed by atoms with Gasteiger partial charge < -0.3 is 13.3 Å². The van der Waals surface area contributed by atoms with Gasteiger partial charge in [-0.15, -0.1) is 0 Å². The molecule has 0 bridgehead atoms. The molecule has 0 aliphatic carbocycles. The lowest BCUT2D eigenvalue weighted by Gasteiger charge is -1.99. The summed E-state index contributed by atoms with van der Waals surface area (Å²) in [5.74, 6) is 2.77. The summed E-state index contributed by atoms with van der Waals surface area (Å²) in [5, 5.41) is 10.6. The monoisotopic (exact) mass is 524 g/mol. The number of nitrogens with zero attached hydrogens (tertiary/aromatic N) is 4. The third-order valence-corrected chi connectivity index (χ3v) is 5.58. The lowest BCUT2D eigenvalue weighted by Crippen LogP contribution is -1.91. The number of nitro groups is 1. The van der Waals surface area contributed by atoms with E-state index in [0.29, 0.717) is 16.2 Å². The first kappa shape index (κ1) is 23.4. The van der Waals surface area contributed by atoms with Gasteiger partial charge in [-0.05, 0) is 58.6 Å². The van der Waals surface area contributed by atoms with Crippen LogP contribution in [0.25, 0.3) is 33.7 Å². The molecule has 34 heavy (non-hydrogen) atoms. The maximum absolute atomic E-state index is 10.6. The molecule has 0 spiro atoms. The average Bonchev–Trinajstić information content (AvgIpc) is 3.59. The Morgan fingerprint density at radius 3 is 2.21 bits per heavy atom. The van der Waals surface area contributed by atoms with Gasteiger partial charge in [-0.25, -0.2) is 15.0 Å². The van der Waals surface area contributed by atoms with Gasteiger partial charge in [0.2, 0.25) is 0 Å². The van der Waals surface area contributed by atoms with Gasteiger partial charge in [0.25, 0.3) is 5.69 Å². The summed E-state index contributed by atoms with van der Waals surface area (Å²) in [6.07, 6.45) is 7.94. The Hall–Kier alpha value is -3.79. The van der Waals surface area contributed by atoms with Crippen LogP contribution >= 0.6 is 15.9 Å². The molecule has 0 aliphatic heterocycles. The second-order valence-electron chi connectivity index (χ2n) is 7.88. The number of halogens is 1. The summed E-state index contributed by atoms with van der Waals surface area (Å²) in [7, 11) is 0. The van der Waals surface area contributed by atoms with Gasteiger partial charge in [-0.3, -0.25) is 10.1 Å². The third-order valence-electron chi connectivity index (χ3n) is 4.95. The fourth-order valence-corrected chi connectivity index (χ4v) is 3.69. The summed E-state index contributed by atoms with van der Waals surface area (Å²) >= 11 is 3.13. The van der Waals surface area contributed by atoms with E-state index < -0.39 is 4.92 Å². The molecule has 174 valence electrons. The number of rotatable bonds is 6. The van der Waals surface area contributed by atoms with Crippen LogP contribution in [0.1, 0.15) is 26.2 Å². The molecule has 0 aliphatic rings. The Balaban J connectivity index is 0.000000166. The van der Waals surface area contributed by atoms with Crippen molar-refractivity contribution in [1.82, 2.24) is 15.0 Å². The number of oxazole rings is 3. The van der Waals surface area contributed by atoms with Crippen LogP contribution in [-0.4, -0.2) is 19.9 Å². The minimum atomic E-state index is -0.450. The van der Waals surface area contributed by atoms with E-state index in [4.69, 9.17) is 13.3 Å². The molecule has 5 aromatic rings. The molecule has 3 heterocycles. The lowest BCUT2D eigenvalue weighted by molar-refractivity contribution is -0.385. The van der Waals surface area contributed by atoms with Gasteiger partial charge in [-0.1, -0.05) is 13.8 Å². The van der Waals surface area contributed by atoms with Crippen molar-refractivity contribution in [3.05, 3.63) is 82.1 Å². The zero-order valence-electron chi connectivity index (χ0n) is 18.5. The number of aromatic nitrogens is 3. The SMILES string of the molecule is CC(C)CCc1nc2ccc(-c3cnco3)cc2o1.O=[N+]([O-])c1ccc(-c2cnco2)cc1Br. The van der Waals surface area contributed by atoms with Crippen molar-refractivity contribution in [2.75, 3.05) is 0 Å². The van der Waals surface area contributed by atoms with Gasteiger partial charge in [0.1, 0.15) is 5.52 Å². The Bertz CT molecular complexity index is 1380. The molecular weight excluding hydrogens is 504 g/mol. The summed E-state index contributed by atoms with van der Waals surface area (Å²) in [6.45, 7) is 4.40. The average molecular weight is 525 g/mol. The number of nitro benzene ring substituents is 1. The Morgan fingerprint density at radius 2 is 1.65 bits per heavy atom. The van der Waals surface area contributed by atoms with Gasteiger partial charge in [-0.2, -0.15) is 0 Å². The van der Waals surface area contributed by atoms with Crippen LogP contribution in [-0.2, 0) is 6.42 Å². The fourth-order valence-electron chi connectivity index (χ4n) is 3.17. The minimum Gasteiger partial charge on any atom is -0.444 e. The van der Waals surface area contributed by atoms with Gasteiger partial charge in [0.15, 0.2) is 35.8 Å². The Labute approximate surface area is 203 Å². The van der Waals surface area contributed by atoms with Crippen LogP contribution in [0, 0.1) is 16.0 Å². The number of fused-ring (bicyclic) bond motifs is 1. The van der Waals surface area contributed by atoms with Crippen LogP contribution in [0.3, 0.4) is 0 Å². The van der Waals surface area contributed by atoms with Crippen molar-refractivity contribution < 1.29 is 18.2 Å². The minimum absolute atomic E-state index is 0.0262. The maximum Gasteiger partial charge on any atom is 0.283 e. The highest BCUT2D eigenvalue weighted by molar-refractivity contribution is 9.10. The number of hydrogen-bond donors (Lipinski definition) is 0. The molecule has 0 unspecified atom stereocenters. The predicted molar refractivity (Wildman–Crippen MR) is 129 cm³/mol. The van der Waals surface area contributed by atoms with E-state index >= 15 is 0 Å². The van der Waals surface area contributed by atoms with Crippen molar-refractivity contribution in [3.8, 4) is 22.6 Å². The molecule has 0 fully saturated rings. The van der Waals surface area contributed by atoms with Crippen molar-refractivity contribution in [1.29, 1.82) is 0 Å². The number of aryl methyl sites for hydroxylation is 1. The second-order valence-corrected chi connectivity index (χ2v) is 8.73. The van der Waals surface area contributed by atoms with E-state index in [0.717, 1.165) is 46.7 Å². The summed E-state index contributed by atoms with van der Waals surface area (Å²) in [6, 6.07) is 10.5. The summed E-state index contributed by atoms with van der Waals surface area (Å²) in [4.78, 5) is 22.3. The second kappa shape index (κ2) is 10.4. The number of hydrogen-bond acceptors (Lipinski definition) is 8. The van der Waals surface area contributed by atoms with Crippen LogP contribution in [0.2, 0.25) is 0 Å². The summed E-state index contributed by atoms with van der Waals surface area (Å²) in [5.41, 5.74) is 3.41. The normalized spacial score (nSPS) is 10.9. The first-order valence-corrected chi connectivity index (χ1v) is 11.3. The highest BCUT2D eigenvalue weighted by atomic mass is 79.9. The van der Waals surface area contributed by atoms with Crippen LogP contribution < -0.4 is 0 Å². The highest BCUT2D eigenvalue weighted by Gasteiger charge is 2.13. The van der Waals surface area contributed by atoms with E-state index in [9.17, 15) is 10.1 Å². The molecule has 0 amide bonds. The standard InChI is InChI=1S/C15H16N2O2.C9H5BrN2O3/c1-10(2)3-6-15-17-12-5-4-11(7-13(12)19-15)14-8-16-9-18-14;10-7-3-6(9-4-11-5-15-9)1-2-8(7)12(13)14/h4-5,7-10H,3,6H2,1-2H3;1-5H. The first-order valence-electron chi connectivity index (χ1n) is 10.5. The Kier molecular flexibility index (Phi) is 7.17. The zero-order valence-corrected chi connectivity index (χ0v) is 20.1. The van der Waals surface area contributed by atoms with Crippen molar-refractivity contribution in [2.45, 2.75) is 26.7 Å². The summed E-state index contributed by atoms with van der Waals surface area (Å²) < 4.78 is 16.6. The zero-order chi connectivity index (χ0) is 24.1. The molecule has 2 aromatic carbocycles. The van der Waals surface area contributed by atoms with E-state index in [1.807, 2.05) is 18.2 Å². The molecule has 10 heteroatoms. The predicted octanol–water partition coefficient (Wildman–Crippen LogP) is 7.08. The van der Waals surface area contributed by atoms with Crippen LogP contribution in [0.5, 0.6) is 0 Å². The molecule has 0 saturated carbocycles. The largest absolute Gasteiger partial charge is 0.444 e. The van der Waals surface area contributed by atoms with Gasteiger partial charge >= 0.3 is 0 Å². The molecule has 0 N–H and O–H groups in total. The quantitative estimate of drug-likeness (QED) is 0.170. The molecule has 0 radical (unpaired) electrons. The third kappa shape index (κ3) is 5.57. The van der Waals surface area contributed by atoms with Crippen LogP contribution in [0.15, 0.2) is 79.3 Å². The maximum atomic E-state index is 10.6. The van der Waals surface area contributed by atoms with Gasteiger partial charge in [0.05, 0.1) is 21.8 Å².